The zero-order valence-electron chi connectivity index (χ0n) is 14.1. The molecule has 2 fully saturated rings. The number of allylic oxidation sites excluding steroid dienone is 2. The second-order valence-electron chi connectivity index (χ2n) is 7.88. The molecule has 1 spiro atoms. The fourth-order valence-corrected chi connectivity index (χ4v) is 4.58. The Bertz CT molecular complexity index is 374. The van der Waals surface area contributed by atoms with Crippen molar-refractivity contribution in [2.75, 3.05) is 39.3 Å². The van der Waals surface area contributed by atoms with E-state index in [2.05, 4.69) is 42.4 Å². The predicted octanol–water partition coefficient (Wildman–Crippen LogP) is 2.25. The van der Waals surface area contributed by atoms with E-state index in [-0.39, 0.29) is 0 Å². The zero-order chi connectivity index (χ0) is 14.9. The molecule has 3 nitrogen and oxygen atoms in total. The van der Waals surface area contributed by atoms with Gasteiger partial charge in [0, 0.05) is 31.7 Å². The van der Waals surface area contributed by atoms with Crippen LogP contribution in [-0.2, 0) is 0 Å². The highest BCUT2D eigenvalue weighted by Gasteiger charge is 2.36. The van der Waals surface area contributed by atoms with Crippen LogP contribution in [0.25, 0.3) is 0 Å². The maximum atomic E-state index is 3.78. The molecular formula is C18H33N3. The molecule has 21 heavy (non-hydrogen) atoms. The minimum Gasteiger partial charge on any atom is -0.314 e. The third kappa shape index (κ3) is 3.52. The molecule has 0 radical (unpaired) electrons. The number of piperidine rings is 1. The van der Waals surface area contributed by atoms with Crippen LogP contribution in [-0.4, -0.2) is 49.7 Å². The lowest BCUT2D eigenvalue weighted by atomic mass is 9.74. The molecule has 3 rings (SSSR count). The third-order valence-corrected chi connectivity index (χ3v) is 6.28. The molecule has 2 heterocycles. The first kappa shape index (κ1) is 15.5. The molecule has 0 aromatic heterocycles. The van der Waals surface area contributed by atoms with Gasteiger partial charge >= 0.3 is 0 Å². The Morgan fingerprint density at radius 3 is 2.67 bits per heavy atom. The molecule has 3 atom stereocenters. The normalized spacial score (nSPS) is 37.5. The van der Waals surface area contributed by atoms with Crippen molar-refractivity contribution in [2.45, 2.75) is 45.6 Å². The summed E-state index contributed by atoms with van der Waals surface area (Å²) in [4.78, 5) is 2.73. The Labute approximate surface area is 130 Å². The predicted molar refractivity (Wildman–Crippen MR) is 89.5 cm³/mol. The van der Waals surface area contributed by atoms with Gasteiger partial charge in [0.1, 0.15) is 0 Å². The Kier molecular flexibility index (Phi) is 4.72. The number of hydrogen-bond donors (Lipinski definition) is 2. The van der Waals surface area contributed by atoms with Gasteiger partial charge in [0.15, 0.2) is 0 Å². The molecule has 0 saturated carbocycles. The van der Waals surface area contributed by atoms with Crippen molar-refractivity contribution in [1.29, 1.82) is 0 Å². The van der Waals surface area contributed by atoms with E-state index in [4.69, 9.17) is 0 Å². The molecule has 2 saturated heterocycles. The average Bonchev–Trinajstić information content (AvgIpc) is 2.48. The lowest BCUT2D eigenvalue weighted by Gasteiger charge is -2.46. The molecule has 1 aliphatic carbocycles. The van der Waals surface area contributed by atoms with Crippen molar-refractivity contribution in [1.82, 2.24) is 15.5 Å². The van der Waals surface area contributed by atoms with E-state index < -0.39 is 0 Å². The lowest BCUT2D eigenvalue weighted by Crippen LogP contribution is -2.63. The van der Waals surface area contributed by atoms with Gasteiger partial charge in [-0.25, -0.2) is 0 Å². The Morgan fingerprint density at radius 2 is 2.00 bits per heavy atom. The summed E-state index contributed by atoms with van der Waals surface area (Å²) in [7, 11) is 0. The van der Waals surface area contributed by atoms with Crippen LogP contribution in [0.3, 0.4) is 0 Å². The van der Waals surface area contributed by atoms with Crippen LogP contribution in [0.15, 0.2) is 11.6 Å². The fraction of sp³-hybridized carbons (Fsp3) is 0.889. The number of likely N-dealkylation sites (tertiary alicyclic amines) is 1. The molecule has 2 N–H and O–H groups in total. The second-order valence-corrected chi connectivity index (χ2v) is 7.88. The van der Waals surface area contributed by atoms with Crippen molar-refractivity contribution >= 4 is 0 Å². The van der Waals surface area contributed by atoms with Crippen molar-refractivity contribution < 1.29 is 0 Å². The van der Waals surface area contributed by atoms with Crippen LogP contribution >= 0.6 is 0 Å². The van der Waals surface area contributed by atoms with E-state index in [1.165, 1.54) is 45.4 Å². The maximum absolute atomic E-state index is 3.78. The smallest absolute Gasteiger partial charge is 0.0331 e. The van der Waals surface area contributed by atoms with Crippen LogP contribution in [0.2, 0.25) is 0 Å². The minimum atomic E-state index is 0.399. The van der Waals surface area contributed by atoms with Crippen LogP contribution in [0.4, 0.5) is 0 Å². The van der Waals surface area contributed by atoms with Crippen LogP contribution in [0.5, 0.6) is 0 Å². The summed E-state index contributed by atoms with van der Waals surface area (Å²) in [6, 6.07) is 0. The van der Waals surface area contributed by atoms with E-state index in [0.29, 0.717) is 5.54 Å². The molecule has 0 aromatic carbocycles. The topological polar surface area (TPSA) is 27.3 Å². The molecule has 0 amide bonds. The third-order valence-electron chi connectivity index (χ3n) is 6.28. The molecular weight excluding hydrogens is 258 g/mol. The summed E-state index contributed by atoms with van der Waals surface area (Å²) in [5, 5.41) is 7.35. The van der Waals surface area contributed by atoms with Crippen LogP contribution in [0.1, 0.15) is 40.0 Å². The Morgan fingerprint density at radius 1 is 1.24 bits per heavy atom. The molecule has 3 heteroatoms. The molecule has 120 valence electrons. The van der Waals surface area contributed by atoms with Crippen molar-refractivity contribution in [2.24, 2.45) is 17.8 Å². The van der Waals surface area contributed by atoms with Gasteiger partial charge in [0.05, 0.1) is 0 Å². The summed E-state index contributed by atoms with van der Waals surface area (Å²) >= 11 is 0. The quantitative estimate of drug-likeness (QED) is 0.764. The Balaban J connectivity index is 1.52. The van der Waals surface area contributed by atoms with Gasteiger partial charge < -0.3 is 15.5 Å². The van der Waals surface area contributed by atoms with E-state index in [1.807, 2.05) is 0 Å². The van der Waals surface area contributed by atoms with Gasteiger partial charge in [0.2, 0.25) is 0 Å². The van der Waals surface area contributed by atoms with Crippen molar-refractivity contribution in [3.63, 3.8) is 0 Å². The monoisotopic (exact) mass is 291 g/mol. The van der Waals surface area contributed by atoms with Gasteiger partial charge in [-0.1, -0.05) is 25.5 Å². The summed E-state index contributed by atoms with van der Waals surface area (Å²) in [5.74, 6) is 2.44. The van der Waals surface area contributed by atoms with Gasteiger partial charge in [0.25, 0.3) is 0 Å². The molecule has 0 bridgehead atoms. The highest BCUT2D eigenvalue weighted by atomic mass is 15.2. The number of nitrogens with zero attached hydrogens (tertiary/aromatic N) is 1. The summed E-state index contributed by atoms with van der Waals surface area (Å²) in [6.45, 7) is 14.5. The highest BCUT2D eigenvalue weighted by Crippen LogP contribution is 2.35. The molecule has 0 aromatic rings. The summed E-state index contributed by atoms with van der Waals surface area (Å²) in [6.07, 6.45) is 6.42. The largest absolute Gasteiger partial charge is 0.314 e. The number of rotatable bonds is 2. The molecule has 2 aliphatic heterocycles. The van der Waals surface area contributed by atoms with Crippen molar-refractivity contribution in [3.05, 3.63) is 11.6 Å². The first-order chi connectivity index (χ1) is 10.1. The van der Waals surface area contributed by atoms with Gasteiger partial charge in [-0.3, -0.25) is 0 Å². The summed E-state index contributed by atoms with van der Waals surface area (Å²) < 4.78 is 0. The standard InChI is InChI=1S/C18H33N3/c1-14-10-15(2)16(3)17(11-14)12-21-8-4-18(5-9-21)13-19-6-7-20-18/h10,15-17,19-20H,4-9,11-13H2,1-3H3. The average molecular weight is 291 g/mol. The van der Waals surface area contributed by atoms with E-state index in [9.17, 15) is 0 Å². The van der Waals surface area contributed by atoms with Crippen LogP contribution in [0, 0.1) is 17.8 Å². The minimum absolute atomic E-state index is 0.399. The number of nitrogens with one attached hydrogen (secondary N) is 2. The summed E-state index contributed by atoms with van der Waals surface area (Å²) in [5.41, 5.74) is 2.01. The molecule has 3 aliphatic rings. The van der Waals surface area contributed by atoms with E-state index in [0.717, 1.165) is 30.8 Å². The fourth-order valence-electron chi connectivity index (χ4n) is 4.58. The Hall–Kier alpha value is -0.380. The first-order valence-electron chi connectivity index (χ1n) is 8.93. The van der Waals surface area contributed by atoms with E-state index in [1.54, 1.807) is 5.57 Å². The van der Waals surface area contributed by atoms with E-state index >= 15 is 0 Å². The van der Waals surface area contributed by atoms with Gasteiger partial charge in [-0.05, 0) is 57.0 Å². The van der Waals surface area contributed by atoms with Crippen molar-refractivity contribution in [3.8, 4) is 0 Å². The second kappa shape index (κ2) is 6.39. The van der Waals surface area contributed by atoms with Gasteiger partial charge in [-0.15, -0.1) is 0 Å². The number of hydrogen-bond acceptors (Lipinski definition) is 3. The van der Waals surface area contributed by atoms with Crippen LogP contribution < -0.4 is 10.6 Å². The first-order valence-corrected chi connectivity index (χ1v) is 8.93. The SMILES string of the molecule is CC1=CC(C)C(C)C(CN2CCC3(CC2)CNCCN3)C1. The van der Waals surface area contributed by atoms with Gasteiger partial charge in [-0.2, -0.15) is 0 Å². The lowest BCUT2D eigenvalue weighted by molar-refractivity contribution is 0.0924. The number of piperazine rings is 1. The zero-order valence-corrected chi connectivity index (χ0v) is 14.1. The maximum Gasteiger partial charge on any atom is 0.0331 e. The highest BCUT2D eigenvalue weighted by molar-refractivity contribution is 5.08. The molecule has 3 unspecified atom stereocenters.